The summed E-state index contributed by atoms with van der Waals surface area (Å²) in [4.78, 5) is 16.8. The van der Waals surface area contributed by atoms with Crippen LogP contribution < -0.4 is 5.73 Å². The predicted octanol–water partition coefficient (Wildman–Crippen LogP) is 2.51. The van der Waals surface area contributed by atoms with Crippen LogP contribution in [0.2, 0.25) is 0 Å². The van der Waals surface area contributed by atoms with E-state index in [4.69, 9.17) is 5.73 Å². The van der Waals surface area contributed by atoms with Gasteiger partial charge in [0.1, 0.15) is 0 Å². The van der Waals surface area contributed by atoms with E-state index < -0.39 is 0 Å². The first kappa shape index (κ1) is 16.7. The second-order valence-electron chi connectivity index (χ2n) is 4.61. The third kappa shape index (κ3) is 4.32. The molecule has 2 N–H and O–H groups in total. The van der Waals surface area contributed by atoms with Crippen molar-refractivity contribution in [1.29, 1.82) is 0 Å². The third-order valence-electron chi connectivity index (χ3n) is 3.28. The maximum absolute atomic E-state index is 10.9. The molecule has 1 aliphatic heterocycles. The summed E-state index contributed by atoms with van der Waals surface area (Å²) < 4.78 is 0. The van der Waals surface area contributed by atoms with Crippen LogP contribution in [0.3, 0.4) is 0 Å². The van der Waals surface area contributed by atoms with Crippen LogP contribution in [0.15, 0.2) is 29.3 Å². The number of rotatable bonds is 3. The second kappa shape index (κ2) is 8.03. The van der Waals surface area contributed by atoms with Gasteiger partial charge in [-0.25, -0.2) is 4.99 Å². The topological polar surface area (TPSA) is 84.8 Å². The summed E-state index contributed by atoms with van der Waals surface area (Å²) in [7, 11) is 0. The summed E-state index contributed by atoms with van der Waals surface area (Å²) in [5.41, 5.74) is 6.61. The van der Waals surface area contributed by atoms with Gasteiger partial charge in [0, 0.05) is 19.2 Å². The lowest BCUT2D eigenvalue weighted by atomic mass is 10.1. The van der Waals surface area contributed by atoms with Crippen LogP contribution >= 0.6 is 24.0 Å². The van der Waals surface area contributed by atoms with Crippen LogP contribution in [0.25, 0.3) is 0 Å². The third-order valence-corrected chi connectivity index (χ3v) is 3.28. The number of nitrogens with two attached hydrogens (primary N) is 1. The number of para-hydroxylation sites is 1. The average Bonchev–Trinajstić information content (AvgIpc) is 2.46. The van der Waals surface area contributed by atoms with E-state index >= 15 is 0 Å². The van der Waals surface area contributed by atoms with Crippen molar-refractivity contribution in [3.63, 3.8) is 0 Å². The van der Waals surface area contributed by atoms with Crippen LogP contribution in [0.4, 0.5) is 5.69 Å². The summed E-state index contributed by atoms with van der Waals surface area (Å²) in [6.45, 7) is 2.10. The Kier molecular flexibility index (Phi) is 6.69. The van der Waals surface area contributed by atoms with Crippen LogP contribution in [0.1, 0.15) is 24.8 Å². The molecule has 1 heterocycles. The molecule has 0 amide bonds. The zero-order chi connectivity index (χ0) is 13.7. The number of nitro benzene ring substituents is 1. The van der Waals surface area contributed by atoms with Gasteiger partial charge < -0.3 is 10.6 Å². The molecule has 6 nitrogen and oxygen atoms in total. The van der Waals surface area contributed by atoms with Crippen molar-refractivity contribution in [1.82, 2.24) is 4.90 Å². The van der Waals surface area contributed by atoms with Gasteiger partial charge in [0.15, 0.2) is 5.96 Å². The van der Waals surface area contributed by atoms with Gasteiger partial charge in [-0.2, -0.15) is 0 Å². The maximum Gasteiger partial charge on any atom is 0.274 e. The Hall–Kier alpha value is -1.38. The van der Waals surface area contributed by atoms with Crippen molar-refractivity contribution in [2.45, 2.75) is 25.8 Å². The summed E-state index contributed by atoms with van der Waals surface area (Å²) in [5.74, 6) is 0.484. The van der Waals surface area contributed by atoms with E-state index in [1.165, 1.54) is 12.5 Å². The highest BCUT2D eigenvalue weighted by Gasteiger charge is 2.14. The van der Waals surface area contributed by atoms with Crippen molar-refractivity contribution in [3.05, 3.63) is 39.9 Å². The molecule has 1 aliphatic rings. The van der Waals surface area contributed by atoms with Gasteiger partial charge in [0.05, 0.1) is 17.0 Å². The number of hydrogen-bond acceptors (Lipinski definition) is 3. The van der Waals surface area contributed by atoms with Crippen molar-refractivity contribution in [2.75, 3.05) is 13.1 Å². The minimum Gasteiger partial charge on any atom is -0.370 e. The van der Waals surface area contributed by atoms with Crippen molar-refractivity contribution >= 4 is 35.6 Å². The first-order valence-electron chi connectivity index (χ1n) is 6.45. The summed E-state index contributed by atoms with van der Waals surface area (Å²) in [5, 5.41) is 10.9. The van der Waals surface area contributed by atoms with E-state index in [0.29, 0.717) is 11.5 Å². The number of piperidine rings is 1. The number of nitrogens with zero attached hydrogens (tertiary/aromatic N) is 3. The van der Waals surface area contributed by atoms with Gasteiger partial charge in [0.2, 0.25) is 0 Å². The van der Waals surface area contributed by atoms with E-state index in [2.05, 4.69) is 4.99 Å². The fourth-order valence-corrected chi connectivity index (χ4v) is 2.21. The van der Waals surface area contributed by atoms with Crippen molar-refractivity contribution < 1.29 is 4.92 Å². The lowest BCUT2D eigenvalue weighted by molar-refractivity contribution is -0.385. The largest absolute Gasteiger partial charge is 0.370 e. The first-order valence-corrected chi connectivity index (χ1v) is 6.45. The molecule has 0 radical (unpaired) electrons. The number of guanidine groups is 1. The Morgan fingerprint density at radius 2 is 1.95 bits per heavy atom. The number of benzene rings is 1. The summed E-state index contributed by atoms with van der Waals surface area (Å²) in [6.07, 6.45) is 3.48. The van der Waals surface area contributed by atoms with Crippen LogP contribution in [0, 0.1) is 10.1 Å². The Labute approximate surface area is 135 Å². The maximum atomic E-state index is 10.9. The van der Waals surface area contributed by atoms with Crippen molar-refractivity contribution in [2.24, 2.45) is 10.7 Å². The molecule has 0 aromatic heterocycles. The van der Waals surface area contributed by atoms with E-state index in [1.54, 1.807) is 18.2 Å². The number of halogens is 1. The molecule has 1 fully saturated rings. The molecule has 2 rings (SSSR count). The Morgan fingerprint density at radius 3 is 2.60 bits per heavy atom. The zero-order valence-corrected chi connectivity index (χ0v) is 13.5. The highest BCUT2D eigenvalue weighted by molar-refractivity contribution is 14.0. The van der Waals surface area contributed by atoms with Gasteiger partial charge in [-0.05, 0) is 19.3 Å². The minimum atomic E-state index is -0.387. The molecule has 0 aliphatic carbocycles. The Balaban J connectivity index is 0.00000200. The monoisotopic (exact) mass is 390 g/mol. The number of nitro groups is 1. The first-order chi connectivity index (χ1) is 9.18. The van der Waals surface area contributed by atoms with Gasteiger partial charge in [-0.15, -0.1) is 24.0 Å². The highest BCUT2D eigenvalue weighted by atomic mass is 127. The Bertz CT molecular complexity index is 487. The minimum absolute atomic E-state index is 0. The molecule has 20 heavy (non-hydrogen) atoms. The van der Waals surface area contributed by atoms with Gasteiger partial charge in [-0.1, -0.05) is 18.2 Å². The predicted molar refractivity (Wildman–Crippen MR) is 89.3 cm³/mol. The van der Waals surface area contributed by atoms with Crippen molar-refractivity contribution in [3.8, 4) is 0 Å². The fraction of sp³-hybridized carbons (Fsp3) is 0.462. The molecule has 0 saturated carbocycles. The van der Waals surface area contributed by atoms with Crippen LogP contribution in [0.5, 0.6) is 0 Å². The molecular weight excluding hydrogens is 371 g/mol. The zero-order valence-electron chi connectivity index (χ0n) is 11.2. The highest BCUT2D eigenvalue weighted by Crippen LogP contribution is 2.18. The number of aliphatic imine (C=N–C) groups is 1. The quantitative estimate of drug-likeness (QED) is 0.283. The molecule has 0 unspecified atom stereocenters. The van der Waals surface area contributed by atoms with Gasteiger partial charge in [0.25, 0.3) is 5.69 Å². The smallest absolute Gasteiger partial charge is 0.274 e. The lowest BCUT2D eigenvalue weighted by Crippen LogP contribution is -2.40. The van der Waals surface area contributed by atoms with E-state index in [-0.39, 0.29) is 41.1 Å². The molecular formula is C13H19IN4O2. The standard InChI is InChI=1S/C13H18N4O2.HI/c14-13(16-8-4-1-5-9-16)15-10-11-6-2-3-7-12(11)17(18)19;/h2-3,6-7H,1,4-5,8-10H2,(H2,14,15);1H. The molecule has 1 aromatic rings. The summed E-state index contributed by atoms with van der Waals surface area (Å²) >= 11 is 0. The number of hydrogen-bond donors (Lipinski definition) is 1. The van der Waals surface area contributed by atoms with Gasteiger partial charge in [-0.3, -0.25) is 10.1 Å². The molecule has 1 aromatic carbocycles. The molecule has 0 spiro atoms. The Morgan fingerprint density at radius 1 is 1.30 bits per heavy atom. The molecule has 0 bridgehead atoms. The fourth-order valence-electron chi connectivity index (χ4n) is 2.21. The van der Waals surface area contributed by atoms with E-state index in [0.717, 1.165) is 25.9 Å². The van der Waals surface area contributed by atoms with E-state index in [1.807, 2.05) is 4.90 Å². The molecule has 0 atom stereocenters. The van der Waals surface area contributed by atoms with Crippen LogP contribution in [-0.4, -0.2) is 28.9 Å². The number of likely N-dealkylation sites (tertiary alicyclic amines) is 1. The van der Waals surface area contributed by atoms with Crippen LogP contribution in [-0.2, 0) is 6.54 Å². The second-order valence-corrected chi connectivity index (χ2v) is 4.61. The normalized spacial score (nSPS) is 15.6. The molecule has 1 saturated heterocycles. The summed E-state index contributed by atoms with van der Waals surface area (Å²) in [6, 6.07) is 6.63. The lowest BCUT2D eigenvalue weighted by Gasteiger charge is -2.27. The average molecular weight is 390 g/mol. The molecule has 7 heteroatoms. The SMILES string of the molecule is I.NC(=NCc1ccccc1[N+](=O)[O-])N1CCCCC1. The molecule has 110 valence electrons. The van der Waals surface area contributed by atoms with Gasteiger partial charge >= 0.3 is 0 Å². The van der Waals surface area contributed by atoms with E-state index in [9.17, 15) is 10.1 Å².